The van der Waals surface area contributed by atoms with Crippen molar-refractivity contribution in [3.63, 3.8) is 0 Å². The molecule has 1 amide bonds. The summed E-state index contributed by atoms with van der Waals surface area (Å²) in [5, 5.41) is 4.00. The van der Waals surface area contributed by atoms with Gasteiger partial charge in [-0.2, -0.15) is 5.10 Å². The summed E-state index contributed by atoms with van der Waals surface area (Å²) in [6, 6.07) is 17.0. The molecule has 0 spiro atoms. The van der Waals surface area contributed by atoms with Crippen molar-refractivity contribution in [1.82, 2.24) is 10.4 Å². The van der Waals surface area contributed by atoms with Gasteiger partial charge >= 0.3 is 0 Å². The Labute approximate surface area is 176 Å². The highest BCUT2D eigenvalue weighted by Gasteiger charge is 2.02. The Morgan fingerprint density at radius 1 is 0.967 bits per heavy atom. The molecule has 0 fully saturated rings. The van der Waals surface area contributed by atoms with Gasteiger partial charge < -0.3 is 9.47 Å². The molecule has 0 bridgehead atoms. The molecule has 3 rings (SSSR count). The molecule has 30 heavy (non-hydrogen) atoms. The van der Waals surface area contributed by atoms with Gasteiger partial charge in [0.15, 0.2) is 0 Å². The van der Waals surface area contributed by atoms with Crippen molar-refractivity contribution in [2.75, 3.05) is 13.2 Å². The van der Waals surface area contributed by atoms with Crippen LogP contribution in [0, 0.1) is 13.8 Å². The third kappa shape index (κ3) is 6.74. The van der Waals surface area contributed by atoms with Crippen LogP contribution in [-0.4, -0.2) is 30.3 Å². The molecule has 0 aliphatic carbocycles. The van der Waals surface area contributed by atoms with Gasteiger partial charge in [0.05, 0.1) is 19.4 Å². The van der Waals surface area contributed by atoms with Crippen LogP contribution in [-0.2, 0) is 0 Å². The molecule has 6 nitrogen and oxygen atoms in total. The molecule has 0 saturated carbocycles. The van der Waals surface area contributed by atoms with E-state index >= 15 is 0 Å². The molecule has 3 aromatic rings. The zero-order chi connectivity index (χ0) is 21.2. The Balaban J connectivity index is 1.42. The number of carbonyl (C=O) groups is 1. The Bertz CT molecular complexity index is 983. The maximum absolute atomic E-state index is 12.0. The van der Waals surface area contributed by atoms with E-state index in [4.69, 9.17) is 9.47 Å². The highest BCUT2D eigenvalue weighted by atomic mass is 16.5. The maximum Gasteiger partial charge on any atom is 0.271 e. The first-order valence-electron chi connectivity index (χ1n) is 9.77. The minimum absolute atomic E-state index is 0.287. The number of nitrogens with one attached hydrogen (secondary N) is 1. The van der Waals surface area contributed by atoms with E-state index in [0.29, 0.717) is 18.8 Å². The quantitative estimate of drug-likeness (QED) is 0.328. The summed E-state index contributed by atoms with van der Waals surface area (Å²) in [7, 11) is 0. The molecular weight excluding hydrogens is 378 g/mol. The number of carbonyl (C=O) groups excluding carboxylic acids is 1. The number of nitrogens with zero attached hydrogens (tertiary/aromatic N) is 2. The second-order valence-electron chi connectivity index (χ2n) is 6.88. The SMILES string of the molecule is Cc1cc(C)cc(OCCCOc2cccc(/C=N/NC(=O)c3ccncc3)c2)c1. The van der Waals surface area contributed by atoms with Crippen LogP contribution in [0.3, 0.4) is 0 Å². The van der Waals surface area contributed by atoms with E-state index < -0.39 is 0 Å². The molecule has 0 radical (unpaired) electrons. The van der Waals surface area contributed by atoms with Crippen LogP contribution in [0.25, 0.3) is 0 Å². The summed E-state index contributed by atoms with van der Waals surface area (Å²) in [6.07, 6.45) is 5.47. The van der Waals surface area contributed by atoms with Gasteiger partial charge in [-0.3, -0.25) is 9.78 Å². The van der Waals surface area contributed by atoms with Gasteiger partial charge in [0, 0.05) is 24.4 Å². The second kappa shape index (κ2) is 10.8. The van der Waals surface area contributed by atoms with Gasteiger partial charge in [0.25, 0.3) is 5.91 Å². The van der Waals surface area contributed by atoms with Crippen molar-refractivity contribution in [1.29, 1.82) is 0 Å². The van der Waals surface area contributed by atoms with Crippen LogP contribution in [0.4, 0.5) is 0 Å². The van der Waals surface area contributed by atoms with E-state index in [1.165, 1.54) is 11.1 Å². The van der Waals surface area contributed by atoms with Crippen molar-refractivity contribution >= 4 is 12.1 Å². The largest absolute Gasteiger partial charge is 0.493 e. The zero-order valence-electron chi connectivity index (χ0n) is 17.2. The standard InChI is InChI=1S/C24H25N3O3/c1-18-13-19(2)15-23(14-18)30-12-4-11-29-22-6-3-5-20(16-22)17-26-27-24(28)21-7-9-25-10-8-21/h3,5-10,13-17H,4,11-12H2,1-2H3,(H,27,28)/b26-17+. The Morgan fingerprint density at radius 3 is 2.40 bits per heavy atom. The second-order valence-corrected chi connectivity index (χ2v) is 6.88. The van der Waals surface area contributed by atoms with E-state index in [-0.39, 0.29) is 5.91 Å². The number of benzene rings is 2. The van der Waals surface area contributed by atoms with Crippen LogP contribution in [0.15, 0.2) is 72.1 Å². The molecule has 0 atom stereocenters. The summed E-state index contributed by atoms with van der Waals surface area (Å²) in [6.45, 7) is 5.25. The number of amides is 1. The number of hydrogen-bond acceptors (Lipinski definition) is 5. The van der Waals surface area contributed by atoms with Crippen molar-refractivity contribution in [3.05, 3.63) is 89.2 Å². The highest BCUT2D eigenvalue weighted by molar-refractivity contribution is 5.94. The number of ether oxygens (including phenoxy) is 2. The van der Waals surface area contributed by atoms with Crippen molar-refractivity contribution in [2.45, 2.75) is 20.3 Å². The predicted octanol–water partition coefficient (Wildman–Crippen LogP) is 4.31. The lowest BCUT2D eigenvalue weighted by Crippen LogP contribution is -2.17. The average molecular weight is 403 g/mol. The molecule has 0 saturated heterocycles. The minimum Gasteiger partial charge on any atom is -0.493 e. The van der Waals surface area contributed by atoms with E-state index in [1.54, 1.807) is 30.7 Å². The van der Waals surface area contributed by atoms with Gasteiger partial charge in [-0.1, -0.05) is 18.2 Å². The Kier molecular flexibility index (Phi) is 7.55. The monoisotopic (exact) mass is 403 g/mol. The van der Waals surface area contributed by atoms with Crippen LogP contribution >= 0.6 is 0 Å². The zero-order valence-corrected chi connectivity index (χ0v) is 17.2. The molecule has 154 valence electrons. The van der Waals surface area contributed by atoms with Crippen LogP contribution in [0.1, 0.15) is 33.5 Å². The normalized spacial score (nSPS) is 10.7. The van der Waals surface area contributed by atoms with Crippen LogP contribution in [0.2, 0.25) is 0 Å². The smallest absolute Gasteiger partial charge is 0.271 e. The summed E-state index contributed by atoms with van der Waals surface area (Å²) < 4.78 is 11.6. The van der Waals surface area contributed by atoms with Gasteiger partial charge in [-0.25, -0.2) is 5.43 Å². The molecule has 1 N–H and O–H groups in total. The molecule has 0 aliphatic rings. The number of hydrazone groups is 1. The third-order valence-electron chi connectivity index (χ3n) is 4.20. The van der Waals surface area contributed by atoms with Crippen LogP contribution in [0.5, 0.6) is 11.5 Å². The summed E-state index contributed by atoms with van der Waals surface area (Å²) in [4.78, 5) is 15.8. The van der Waals surface area contributed by atoms with Gasteiger partial charge in [-0.05, 0) is 66.9 Å². The fourth-order valence-electron chi connectivity index (χ4n) is 2.87. The Morgan fingerprint density at radius 2 is 1.67 bits per heavy atom. The van der Waals surface area contributed by atoms with E-state index in [2.05, 4.69) is 35.4 Å². The first-order valence-corrected chi connectivity index (χ1v) is 9.77. The van der Waals surface area contributed by atoms with Crippen LogP contribution < -0.4 is 14.9 Å². The maximum atomic E-state index is 12.0. The lowest BCUT2D eigenvalue weighted by Gasteiger charge is -2.09. The number of aromatic nitrogens is 1. The lowest BCUT2D eigenvalue weighted by molar-refractivity contribution is 0.0955. The predicted molar refractivity (Wildman–Crippen MR) is 117 cm³/mol. The molecule has 0 unspecified atom stereocenters. The molecule has 2 aromatic carbocycles. The summed E-state index contributed by atoms with van der Waals surface area (Å²) >= 11 is 0. The topological polar surface area (TPSA) is 72.8 Å². The first-order chi connectivity index (χ1) is 14.6. The van der Waals surface area contributed by atoms with Gasteiger partial charge in [0.2, 0.25) is 0 Å². The molecule has 1 aromatic heterocycles. The highest BCUT2D eigenvalue weighted by Crippen LogP contribution is 2.17. The van der Waals surface area contributed by atoms with Gasteiger partial charge in [0.1, 0.15) is 11.5 Å². The van der Waals surface area contributed by atoms with E-state index in [0.717, 1.165) is 23.5 Å². The van der Waals surface area contributed by atoms with Crippen molar-refractivity contribution < 1.29 is 14.3 Å². The molecule has 0 aliphatic heterocycles. The van der Waals surface area contributed by atoms with Gasteiger partial charge in [-0.15, -0.1) is 0 Å². The molecule has 1 heterocycles. The number of pyridine rings is 1. The number of hydrogen-bond donors (Lipinski definition) is 1. The van der Waals surface area contributed by atoms with Crippen molar-refractivity contribution in [2.24, 2.45) is 5.10 Å². The molecular formula is C24H25N3O3. The average Bonchev–Trinajstić information content (AvgIpc) is 2.74. The molecule has 6 heteroatoms. The fourth-order valence-corrected chi connectivity index (χ4v) is 2.87. The fraction of sp³-hybridized carbons (Fsp3) is 0.208. The third-order valence-corrected chi connectivity index (χ3v) is 4.20. The summed E-state index contributed by atoms with van der Waals surface area (Å²) in [5.74, 6) is 1.34. The minimum atomic E-state index is -0.287. The Hall–Kier alpha value is -3.67. The van der Waals surface area contributed by atoms with Crippen molar-refractivity contribution in [3.8, 4) is 11.5 Å². The lowest BCUT2D eigenvalue weighted by atomic mass is 10.1. The van der Waals surface area contributed by atoms with E-state index in [9.17, 15) is 4.79 Å². The first kappa shape index (κ1) is 21.0. The van der Waals surface area contributed by atoms with E-state index in [1.807, 2.05) is 36.4 Å². The number of aryl methyl sites for hydroxylation is 2. The summed E-state index contributed by atoms with van der Waals surface area (Å²) in [5.41, 5.74) is 6.21. The number of rotatable bonds is 9.